The molecule has 9 nitrogen and oxygen atoms in total. The van der Waals surface area contributed by atoms with Gasteiger partial charge in [0.1, 0.15) is 17.2 Å². The zero-order valence-electron chi connectivity index (χ0n) is 18.3. The summed E-state index contributed by atoms with van der Waals surface area (Å²) in [5.74, 6) is 0.374. The predicted molar refractivity (Wildman–Crippen MR) is 126 cm³/mol. The van der Waals surface area contributed by atoms with Gasteiger partial charge in [0, 0.05) is 19.4 Å². The Morgan fingerprint density at radius 1 is 1.03 bits per heavy atom. The summed E-state index contributed by atoms with van der Waals surface area (Å²) in [6.45, 7) is 3.47. The molecule has 0 spiro atoms. The van der Waals surface area contributed by atoms with Crippen molar-refractivity contribution < 1.29 is 27.5 Å². The third kappa shape index (κ3) is 6.08. The fraction of sp³-hybridized carbons (Fsp3) is 0.227. The zero-order chi connectivity index (χ0) is 24.0. The van der Waals surface area contributed by atoms with E-state index >= 15 is 0 Å². The van der Waals surface area contributed by atoms with Gasteiger partial charge in [0.25, 0.3) is 15.9 Å². The Kier molecular flexibility index (Phi) is 7.67. The van der Waals surface area contributed by atoms with Crippen LogP contribution in [0, 0.1) is 0 Å². The van der Waals surface area contributed by atoms with Gasteiger partial charge in [-0.3, -0.25) is 19.2 Å². The summed E-state index contributed by atoms with van der Waals surface area (Å²) in [6.07, 6.45) is 0. The summed E-state index contributed by atoms with van der Waals surface area (Å²) in [6, 6.07) is 12.5. The molecule has 1 N–H and O–H groups in total. The van der Waals surface area contributed by atoms with Gasteiger partial charge < -0.3 is 9.47 Å². The van der Waals surface area contributed by atoms with Crippen LogP contribution in [-0.2, 0) is 14.8 Å². The number of nitrogens with one attached hydrogen (secondary N) is 1. The Bertz CT molecular complexity index is 1220. The fourth-order valence-electron chi connectivity index (χ4n) is 2.72. The molecule has 3 aromatic rings. The van der Waals surface area contributed by atoms with Crippen molar-refractivity contribution in [1.29, 1.82) is 0 Å². The van der Waals surface area contributed by atoms with Gasteiger partial charge in [0.15, 0.2) is 17.5 Å². The molecule has 0 aliphatic heterocycles. The molecular formula is C22H23N3O6S2. The number of ether oxygens (including phenoxy) is 2. The lowest BCUT2D eigenvalue weighted by Gasteiger charge is -2.20. The van der Waals surface area contributed by atoms with E-state index in [9.17, 15) is 18.0 Å². The Morgan fingerprint density at radius 2 is 1.64 bits per heavy atom. The molecule has 0 aliphatic carbocycles. The molecular weight excluding hydrogens is 466 g/mol. The highest BCUT2D eigenvalue weighted by Crippen LogP contribution is 2.25. The number of Topliss-reactive ketones (excluding diaryl/α,β-unsaturated/α-hetero) is 1. The number of hydrogen-bond donors (Lipinski definition) is 1. The number of carbonyl (C=O) groups excluding carboxylic acids is 2. The van der Waals surface area contributed by atoms with Gasteiger partial charge in [-0.1, -0.05) is 0 Å². The van der Waals surface area contributed by atoms with Gasteiger partial charge in [-0.2, -0.15) is 0 Å². The van der Waals surface area contributed by atoms with Crippen LogP contribution in [0.3, 0.4) is 0 Å². The Hall–Kier alpha value is -3.44. The minimum Gasteiger partial charge on any atom is -0.494 e. The first-order valence-corrected chi connectivity index (χ1v) is 12.2. The maximum Gasteiger partial charge on any atom is 0.264 e. The number of aromatic nitrogens is 1. The smallest absolute Gasteiger partial charge is 0.264 e. The number of ketones is 1. The molecule has 0 fully saturated rings. The van der Waals surface area contributed by atoms with Crippen molar-refractivity contribution in [1.82, 2.24) is 4.98 Å². The lowest BCUT2D eigenvalue weighted by Crippen LogP contribution is -2.26. The second-order valence-corrected chi connectivity index (χ2v) is 9.63. The van der Waals surface area contributed by atoms with Gasteiger partial charge >= 0.3 is 0 Å². The number of thiazole rings is 1. The van der Waals surface area contributed by atoms with E-state index in [1.807, 2.05) is 6.92 Å². The van der Waals surface area contributed by atoms with E-state index in [-0.39, 0.29) is 23.0 Å². The van der Waals surface area contributed by atoms with Gasteiger partial charge in [-0.25, -0.2) is 13.4 Å². The van der Waals surface area contributed by atoms with Crippen LogP contribution in [0.25, 0.3) is 0 Å². The lowest BCUT2D eigenvalue weighted by molar-refractivity contribution is -0.118. The van der Waals surface area contributed by atoms with Crippen LogP contribution in [0.5, 0.6) is 11.5 Å². The van der Waals surface area contributed by atoms with Crippen molar-refractivity contribution in [2.45, 2.75) is 18.7 Å². The number of benzene rings is 2. The average Bonchev–Trinajstić information content (AvgIpc) is 3.27. The van der Waals surface area contributed by atoms with Crippen LogP contribution in [-0.4, -0.2) is 45.4 Å². The quantitative estimate of drug-likeness (QED) is 0.433. The molecule has 2 aromatic carbocycles. The van der Waals surface area contributed by atoms with Crippen molar-refractivity contribution in [3.63, 3.8) is 0 Å². The third-order valence-electron chi connectivity index (χ3n) is 4.47. The maximum atomic E-state index is 12.9. The molecule has 33 heavy (non-hydrogen) atoms. The standard InChI is InChI=1S/C22H23N3O6S2/c1-4-30-17-9-11-19(12-10-17)33(28,29)25(3)16-5-7-18(8-6-16)31-13-21(27)24-22-23-20(14-32-22)15(2)26/h5-12,14H,4,13H2,1-3H3,(H,23,24,27). The first-order chi connectivity index (χ1) is 15.7. The van der Waals surface area contributed by atoms with Crippen molar-refractivity contribution in [2.24, 2.45) is 0 Å². The molecule has 1 aromatic heterocycles. The van der Waals surface area contributed by atoms with Crippen LogP contribution in [0.4, 0.5) is 10.8 Å². The lowest BCUT2D eigenvalue weighted by atomic mass is 10.3. The number of carbonyl (C=O) groups is 2. The third-order valence-corrected chi connectivity index (χ3v) is 7.03. The van der Waals surface area contributed by atoms with Crippen molar-refractivity contribution >= 4 is 43.9 Å². The number of amides is 1. The summed E-state index contributed by atoms with van der Waals surface area (Å²) >= 11 is 1.15. The van der Waals surface area contributed by atoms with E-state index in [0.717, 1.165) is 15.6 Å². The van der Waals surface area contributed by atoms with Crippen molar-refractivity contribution in [3.8, 4) is 11.5 Å². The van der Waals surface area contributed by atoms with Crippen molar-refractivity contribution in [2.75, 3.05) is 29.9 Å². The van der Waals surface area contributed by atoms with E-state index < -0.39 is 15.9 Å². The highest BCUT2D eigenvalue weighted by molar-refractivity contribution is 7.92. The molecule has 0 unspecified atom stereocenters. The highest BCUT2D eigenvalue weighted by Gasteiger charge is 2.21. The Morgan fingerprint density at radius 3 is 2.21 bits per heavy atom. The van der Waals surface area contributed by atoms with Crippen molar-refractivity contribution in [3.05, 3.63) is 59.6 Å². The SMILES string of the molecule is CCOc1ccc(S(=O)(=O)N(C)c2ccc(OCC(=O)Nc3nc(C(C)=O)cs3)cc2)cc1. The topological polar surface area (TPSA) is 115 Å². The van der Waals surface area contributed by atoms with Crippen LogP contribution in [0.1, 0.15) is 24.3 Å². The Balaban J connectivity index is 1.59. The second kappa shape index (κ2) is 10.5. The number of sulfonamides is 1. The summed E-state index contributed by atoms with van der Waals surface area (Å²) in [5.41, 5.74) is 0.719. The van der Waals surface area contributed by atoms with Crippen LogP contribution in [0.2, 0.25) is 0 Å². The molecule has 0 radical (unpaired) electrons. The largest absolute Gasteiger partial charge is 0.494 e. The summed E-state index contributed by atoms with van der Waals surface area (Å²) in [7, 11) is -2.30. The van der Waals surface area contributed by atoms with Gasteiger partial charge in [0.05, 0.1) is 17.2 Å². The molecule has 3 rings (SSSR count). The Labute approximate surface area is 196 Å². The van der Waals surface area contributed by atoms with E-state index in [2.05, 4.69) is 10.3 Å². The highest BCUT2D eigenvalue weighted by atomic mass is 32.2. The van der Waals surface area contributed by atoms with Crippen LogP contribution < -0.4 is 19.1 Å². The van der Waals surface area contributed by atoms with Crippen LogP contribution >= 0.6 is 11.3 Å². The van der Waals surface area contributed by atoms with E-state index in [1.165, 1.54) is 26.1 Å². The van der Waals surface area contributed by atoms with Gasteiger partial charge in [-0.05, 0) is 55.5 Å². The molecule has 1 heterocycles. The van der Waals surface area contributed by atoms with E-state index in [0.29, 0.717) is 28.9 Å². The van der Waals surface area contributed by atoms with Crippen LogP contribution in [0.15, 0.2) is 58.8 Å². The minimum atomic E-state index is -3.76. The molecule has 0 saturated heterocycles. The summed E-state index contributed by atoms with van der Waals surface area (Å²) < 4.78 is 37.7. The normalized spacial score (nSPS) is 11.0. The predicted octanol–water partition coefficient (Wildman–Crippen LogP) is 3.59. The first kappa shape index (κ1) is 24.2. The minimum absolute atomic E-state index is 0.139. The zero-order valence-corrected chi connectivity index (χ0v) is 19.9. The number of nitrogens with zero attached hydrogens (tertiary/aromatic N) is 2. The number of anilines is 2. The average molecular weight is 490 g/mol. The molecule has 0 saturated carbocycles. The molecule has 174 valence electrons. The molecule has 1 amide bonds. The molecule has 0 atom stereocenters. The van der Waals surface area contributed by atoms with E-state index in [1.54, 1.807) is 41.8 Å². The first-order valence-electron chi connectivity index (χ1n) is 9.91. The summed E-state index contributed by atoms with van der Waals surface area (Å²) in [5, 5.41) is 4.44. The second-order valence-electron chi connectivity index (χ2n) is 6.80. The summed E-state index contributed by atoms with van der Waals surface area (Å²) in [4.78, 5) is 27.5. The fourth-order valence-corrected chi connectivity index (χ4v) is 4.68. The molecule has 11 heteroatoms. The molecule has 0 aliphatic rings. The monoisotopic (exact) mass is 489 g/mol. The maximum absolute atomic E-state index is 12.9. The van der Waals surface area contributed by atoms with Gasteiger partial charge in [0.2, 0.25) is 0 Å². The number of rotatable bonds is 10. The van der Waals surface area contributed by atoms with E-state index in [4.69, 9.17) is 9.47 Å². The van der Waals surface area contributed by atoms with Gasteiger partial charge in [-0.15, -0.1) is 11.3 Å². The molecule has 0 bridgehead atoms. The number of hydrogen-bond acceptors (Lipinski definition) is 8.